The van der Waals surface area contributed by atoms with E-state index in [4.69, 9.17) is 11.6 Å². The maximum Gasteiger partial charge on any atom is 0.270 e. The summed E-state index contributed by atoms with van der Waals surface area (Å²) in [7, 11) is 0. The summed E-state index contributed by atoms with van der Waals surface area (Å²) in [5, 5.41) is 26.1. The normalized spacial score (nSPS) is 17.6. The monoisotopic (exact) mass is 1780 g/mol. The largest absolute Gasteiger partial charge is 0.382 e. The topological polar surface area (TPSA) is 263 Å². The number of anilines is 8. The van der Waals surface area contributed by atoms with Crippen LogP contribution in [-0.4, -0.2) is 77.3 Å². The first kappa shape index (κ1) is 97.6. The number of fused-ring (bicyclic) bond motifs is 4. The minimum Gasteiger partial charge on any atom is -0.382 e. The summed E-state index contributed by atoms with van der Waals surface area (Å²) < 4.78 is 27.1. The summed E-state index contributed by atoms with van der Waals surface area (Å²) in [4.78, 5) is 115. The van der Waals surface area contributed by atoms with Crippen molar-refractivity contribution < 1.29 is 51.9 Å². The van der Waals surface area contributed by atoms with E-state index in [-0.39, 0.29) is 113 Å². The van der Waals surface area contributed by atoms with Crippen molar-refractivity contribution in [1.82, 2.24) is 21.3 Å². The third-order valence-electron chi connectivity index (χ3n) is 23.6. The molecular weight excluding hydrogens is 1660 g/mol. The first-order valence-electron chi connectivity index (χ1n) is 44.4. The van der Waals surface area contributed by atoms with Crippen molar-refractivity contribution in [3.05, 3.63) is 275 Å². The molecule has 0 fully saturated rings. The number of hydrogen-bond donors (Lipinski definition) is 8. The van der Waals surface area contributed by atoms with E-state index in [9.17, 15) is 51.9 Å². The van der Waals surface area contributed by atoms with E-state index < -0.39 is 5.92 Å². The second-order valence-electron chi connectivity index (χ2n) is 35.2. The van der Waals surface area contributed by atoms with Gasteiger partial charge >= 0.3 is 0 Å². The van der Waals surface area contributed by atoms with E-state index in [1.54, 1.807) is 44.7 Å². The Kier molecular flexibility index (Phi) is 32.6. The number of carbonyl (C=O) groups excluding carboxylic acids is 9. The molecule has 10 aromatic carbocycles. The second kappa shape index (κ2) is 43.4. The Bertz CT molecular complexity index is 5840. The molecule has 680 valence electrons. The number of hydrogen-bond acceptors (Lipinski definition) is 12. The highest BCUT2D eigenvalue weighted by atomic mass is 35.5. The van der Waals surface area contributed by atoms with Gasteiger partial charge in [0.1, 0.15) is 0 Å². The number of alkyl halides is 2. The molecule has 10 aromatic rings. The van der Waals surface area contributed by atoms with Gasteiger partial charge in [-0.15, -0.1) is 0 Å². The Morgan fingerprint density at radius 2 is 0.646 bits per heavy atom. The molecule has 4 aliphatic rings. The number of allylic oxidation sites excluding steroid dienone is 1. The molecule has 0 saturated heterocycles. The Morgan fingerprint density at radius 3 is 0.915 bits per heavy atom. The first-order valence-corrected chi connectivity index (χ1v) is 44.7. The fourth-order valence-electron chi connectivity index (χ4n) is 17.7. The number of nitrogens with one attached hydrogen (secondary N) is 8. The highest BCUT2D eigenvalue weighted by Gasteiger charge is 2.38. The van der Waals surface area contributed by atoms with E-state index in [0.29, 0.717) is 44.0 Å². The molecule has 14 rings (SSSR count). The van der Waals surface area contributed by atoms with Crippen LogP contribution in [-0.2, 0) is 62.2 Å². The Hall–Kier alpha value is -13.0. The lowest BCUT2D eigenvalue weighted by Crippen LogP contribution is -2.45. The third kappa shape index (κ3) is 25.3. The first-order chi connectivity index (χ1) is 61.7. The van der Waals surface area contributed by atoms with E-state index in [1.807, 2.05) is 218 Å². The summed E-state index contributed by atoms with van der Waals surface area (Å²) in [5.41, 5.74) is 21.7. The molecule has 8 N–H and O–H groups in total. The molecule has 0 radical (unpaired) electrons. The Labute approximate surface area is 768 Å². The average Bonchev–Trinajstić information content (AvgIpc) is 0.776. The summed E-state index contributed by atoms with van der Waals surface area (Å²) in [6.07, 6.45) is 3.47. The van der Waals surface area contributed by atoms with Gasteiger partial charge in [-0.2, -0.15) is 0 Å². The molecule has 4 heterocycles. The lowest BCUT2D eigenvalue weighted by Gasteiger charge is -2.40. The number of nitrogens with zero attached hydrogens (tertiary/aromatic N) is 4. The molecular formula is C106H121ClF2N12O9. The van der Waals surface area contributed by atoms with Gasteiger partial charge in [0.25, 0.3) is 5.92 Å². The minimum atomic E-state index is -2.87. The van der Waals surface area contributed by atoms with E-state index in [2.05, 4.69) is 95.0 Å². The van der Waals surface area contributed by atoms with Crippen molar-refractivity contribution in [3.8, 4) is 44.5 Å². The Balaban J connectivity index is 0.000000168. The second-order valence-corrected chi connectivity index (χ2v) is 35.6. The zero-order valence-corrected chi connectivity index (χ0v) is 78.1. The maximum atomic E-state index is 13.6. The molecule has 0 saturated carbocycles. The van der Waals surface area contributed by atoms with Crippen LogP contribution in [0.4, 0.5) is 54.3 Å². The Morgan fingerprint density at radius 1 is 0.377 bits per heavy atom. The molecule has 21 nitrogen and oxygen atoms in total. The van der Waals surface area contributed by atoms with Gasteiger partial charge < -0.3 is 62.1 Å². The molecule has 0 bridgehead atoms. The van der Waals surface area contributed by atoms with Gasteiger partial charge in [0.15, 0.2) is 0 Å². The number of amides is 9. The molecule has 0 unspecified atom stereocenters. The van der Waals surface area contributed by atoms with Gasteiger partial charge in [-0.25, -0.2) is 8.78 Å². The highest BCUT2D eigenvalue weighted by molar-refractivity contribution is 6.30. The predicted molar refractivity (Wildman–Crippen MR) is 520 cm³/mol. The lowest BCUT2D eigenvalue weighted by molar-refractivity contribution is -0.123. The molecule has 0 aromatic heterocycles. The molecule has 4 aliphatic heterocycles. The lowest BCUT2D eigenvalue weighted by atomic mass is 9.88. The van der Waals surface area contributed by atoms with Crippen LogP contribution < -0.4 is 62.1 Å². The van der Waals surface area contributed by atoms with Crippen LogP contribution in [0.5, 0.6) is 0 Å². The number of rotatable bonds is 21. The summed E-state index contributed by atoms with van der Waals surface area (Å²) in [5.74, 6) is -2.64. The zero-order chi connectivity index (χ0) is 94.3. The van der Waals surface area contributed by atoms with Crippen molar-refractivity contribution >= 4 is 110 Å². The minimum absolute atomic E-state index is 0.00241. The average molecular weight is 1780 g/mol. The van der Waals surface area contributed by atoms with Gasteiger partial charge in [0.2, 0.25) is 53.2 Å². The van der Waals surface area contributed by atoms with Gasteiger partial charge in [0, 0.05) is 180 Å². The highest BCUT2D eigenvalue weighted by Crippen LogP contribution is 2.46. The summed E-state index contributed by atoms with van der Waals surface area (Å²) >= 11 is 6.03. The van der Waals surface area contributed by atoms with Crippen LogP contribution in [0.15, 0.2) is 231 Å². The van der Waals surface area contributed by atoms with Crippen LogP contribution in [0.1, 0.15) is 213 Å². The molecule has 130 heavy (non-hydrogen) atoms. The van der Waals surface area contributed by atoms with E-state index >= 15 is 0 Å². The van der Waals surface area contributed by atoms with Crippen LogP contribution in [0, 0.1) is 11.8 Å². The van der Waals surface area contributed by atoms with Crippen LogP contribution in [0.2, 0.25) is 5.02 Å². The molecule has 0 spiro atoms. The molecule has 0 aliphatic carbocycles. The quantitative estimate of drug-likeness (QED) is 0.0334. The smallest absolute Gasteiger partial charge is 0.270 e. The van der Waals surface area contributed by atoms with E-state index in [0.717, 1.165) is 148 Å². The molecule has 24 heteroatoms. The number of benzene rings is 10. The zero-order valence-electron chi connectivity index (χ0n) is 77.3. The van der Waals surface area contributed by atoms with Crippen molar-refractivity contribution in [2.24, 2.45) is 11.8 Å². The standard InChI is InChI=1S/C29H31F2N3O2.C27H28ClN3O2.C25H31N3O3.C25H31N3O2/c1-18-14-27(32-17-21-8-11-24(12-9-21)29(4,30)31)26-16-23(10-13-28(26)34(18)20(3)36)22-6-5-7-25(15-22)33-19(2)35;1-17-13-26(29-16-20-7-10-23(28)11-8-20)25-15-22(9-12-27(25)31(17)19(3)33)21-5-4-6-24(14-21)30-18(2)32;1-15(2)11-25(31)27-23-12-16(3)28(18(5)30)24-10-9-20(14-22(23)24)19-7-6-8-21(13-19)26-17(4)29;1-15(2)17(4)26-24-12-16(3)28(19(6)30)25-11-10-21(14-23(24)25)20-8-7-9-22(13-20)27-18(5)29/h5-13,15-16,18,27,32H,14,17H2,1-4H3,(H,33,35);4-12,14-15,17,26,29H,13,16H2,1-3H3,(H,30,32);6-10,13-16,23H,11-12H2,1-5H3,(H,26,29)(H,27,31);7-11,13-16,24,26H,4,12H2,1-3,5-6H3,(H,27,29)/t18-,27+;17-,26+;16-,23+;16-,24+/m0000/s1. The van der Waals surface area contributed by atoms with Gasteiger partial charge in [-0.05, 0) is 252 Å². The van der Waals surface area contributed by atoms with Crippen molar-refractivity contribution in [3.63, 3.8) is 0 Å². The molecule has 9 amide bonds. The third-order valence-corrected chi connectivity index (χ3v) is 23.9. The van der Waals surface area contributed by atoms with Gasteiger partial charge in [0.05, 0.1) is 12.1 Å². The SMILES string of the molecule is C=C(N[C@@H]1C[C@H](C)N(C(C)=O)c2ccc(-c3cccc(NC(C)=O)c3)cc21)C(C)C.CC(=O)Nc1cccc(-c2ccc3c(c2)[C@H](NC(=O)CC(C)C)C[C@H](C)N3C(C)=O)c1.CC(=O)Nc1cccc(-c2ccc3c(c2)[C@H](NCc2ccc(C(C)(F)F)cc2)C[C@H](C)N3C(C)=O)c1.CC(=O)Nc1cccc(-c2ccc3c(c2)[C@H](NCc2ccc(Cl)cc2)C[C@H](C)N3C(C)=O)c1. The number of carbonyl (C=O) groups is 9. The fraction of sp³-hybridized carbons (Fsp3) is 0.330. The summed E-state index contributed by atoms with van der Waals surface area (Å²) in [6.45, 7) is 35.1. The van der Waals surface area contributed by atoms with Crippen molar-refractivity contribution in [2.75, 3.05) is 40.9 Å². The predicted octanol–water partition coefficient (Wildman–Crippen LogP) is 22.3. The van der Waals surface area contributed by atoms with Crippen molar-refractivity contribution in [1.29, 1.82) is 0 Å². The molecule has 8 atom stereocenters. The number of halogens is 3. The fourth-order valence-corrected chi connectivity index (χ4v) is 17.8. The van der Waals surface area contributed by atoms with Crippen LogP contribution in [0.3, 0.4) is 0 Å². The van der Waals surface area contributed by atoms with Gasteiger partial charge in [-0.3, -0.25) is 43.2 Å². The van der Waals surface area contributed by atoms with Crippen molar-refractivity contribution in [2.45, 2.75) is 217 Å². The maximum absolute atomic E-state index is 13.6. The van der Waals surface area contributed by atoms with Crippen LogP contribution >= 0.6 is 11.6 Å². The van der Waals surface area contributed by atoms with Crippen LogP contribution in [0.25, 0.3) is 44.5 Å². The summed E-state index contributed by atoms with van der Waals surface area (Å²) in [6, 6.07) is 69.7. The van der Waals surface area contributed by atoms with E-state index in [1.165, 1.54) is 39.8 Å². The van der Waals surface area contributed by atoms with Gasteiger partial charge in [-0.1, -0.05) is 155 Å².